The molecule has 19 heavy (non-hydrogen) atoms. The molecule has 5 heteroatoms. The molecular formula is C14H21FN2O2. The summed E-state index contributed by atoms with van der Waals surface area (Å²) >= 11 is 0. The average molecular weight is 268 g/mol. The highest BCUT2D eigenvalue weighted by molar-refractivity contribution is 5.21. The third-order valence-corrected chi connectivity index (χ3v) is 3.61. The Bertz CT molecular complexity index is 403. The molecule has 1 fully saturated rings. The largest absolute Gasteiger partial charge is 0.395 e. The van der Waals surface area contributed by atoms with E-state index in [2.05, 4.69) is 9.80 Å². The van der Waals surface area contributed by atoms with Crippen molar-refractivity contribution in [1.29, 1.82) is 0 Å². The Balaban J connectivity index is 2.15. The molecule has 0 bridgehead atoms. The van der Waals surface area contributed by atoms with Crippen molar-refractivity contribution in [3.8, 4) is 0 Å². The molecule has 2 rings (SSSR count). The van der Waals surface area contributed by atoms with E-state index in [1.54, 1.807) is 12.1 Å². The minimum Gasteiger partial charge on any atom is -0.395 e. The molecule has 1 unspecified atom stereocenters. The Labute approximate surface area is 113 Å². The first-order valence-corrected chi connectivity index (χ1v) is 6.68. The van der Waals surface area contributed by atoms with Gasteiger partial charge in [-0.1, -0.05) is 12.1 Å². The summed E-state index contributed by atoms with van der Waals surface area (Å²) in [5, 5.41) is 18.2. The number of aliphatic hydroxyl groups excluding tert-OH is 2. The molecule has 1 saturated heterocycles. The van der Waals surface area contributed by atoms with Crippen LogP contribution in [0.4, 0.5) is 4.39 Å². The molecule has 4 nitrogen and oxygen atoms in total. The quantitative estimate of drug-likeness (QED) is 0.815. The summed E-state index contributed by atoms with van der Waals surface area (Å²) in [6.07, 6.45) is 0. The van der Waals surface area contributed by atoms with Crippen molar-refractivity contribution in [1.82, 2.24) is 9.80 Å². The van der Waals surface area contributed by atoms with Gasteiger partial charge in [0.15, 0.2) is 0 Å². The molecular weight excluding hydrogens is 247 g/mol. The van der Waals surface area contributed by atoms with Gasteiger partial charge in [0, 0.05) is 38.8 Å². The Hall–Kier alpha value is -1.01. The first kappa shape index (κ1) is 14.4. The summed E-state index contributed by atoms with van der Waals surface area (Å²) in [6.45, 7) is 3.91. The van der Waals surface area contributed by atoms with Gasteiger partial charge in [0.2, 0.25) is 0 Å². The predicted octanol–water partition coefficient (Wildman–Crippen LogP) is 0.469. The molecule has 0 radical (unpaired) electrons. The lowest BCUT2D eigenvalue weighted by Gasteiger charge is -2.41. The predicted molar refractivity (Wildman–Crippen MR) is 71.3 cm³/mol. The van der Waals surface area contributed by atoms with Crippen LogP contribution in [0, 0.1) is 5.82 Å². The minimum atomic E-state index is -0.235. The van der Waals surface area contributed by atoms with Gasteiger partial charge in [0.25, 0.3) is 0 Å². The maximum Gasteiger partial charge on any atom is 0.123 e. The topological polar surface area (TPSA) is 46.9 Å². The zero-order valence-electron chi connectivity index (χ0n) is 11.0. The number of benzene rings is 1. The van der Waals surface area contributed by atoms with Crippen LogP contribution >= 0.6 is 0 Å². The van der Waals surface area contributed by atoms with E-state index < -0.39 is 0 Å². The molecule has 0 spiro atoms. The number of nitrogens with zero attached hydrogens (tertiary/aromatic N) is 2. The molecule has 0 aliphatic carbocycles. The summed E-state index contributed by atoms with van der Waals surface area (Å²) < 4.78 is 13.4. The monoisotopic (exact) mass is 268 g/mol. The molecule has 1 heterocycles. The fourth-order valence-electron chi connectivity index (χ4n) is 2.65. The molecule has 0 aromatic heterocycles. The van der Waals surface area contributed by atoms with Crippen LogP contribution in [-0.2, 0) is 0 Å². The number of β-amino-alcohol motifs (C(OH)–C–C–N with tert-alkyl or cyclic N) is 2. The maximum absolute atomic E-state index is 13.4. The van der Waals surface area contributed by atoms with Crippen LogP contribution in [0.25, 0.3) is 0 Å². The van der Waals surface area contributed by atoms with E-state index in [-0.39, 0.29) is 25.1 Å². The summed E-state index contributed by atoms with van der Waals surface area (Å²) in [7, 11) is 0. The summed E-state index contributed by atoms with van der Waals surface area (Å²) in [5.41, 5.74) is 0.927. The smallest absolute Gasteiger partial charge is 0.123 e. The second-order valence-electron chi connectivity index (χ2n) is 4.85. The number of rotatable bonds is 5. The maximum atomic E-state index is 13.4. The van der Waals surface area contributed by atoms with E-state index in [1.807, 2.05) is 6.07 Å². The van der Waals surface area contributed by atoms with Crippen molar-refractivity contribution in [2.45, 2.75) is 6.04 Å². The lowest BCUT2D eigenvalue weighted by molar-refractivity contribution is 0.0508. The van der Waals surface area contributed by atoms with Crippen molar-refractivity contribution < 1.29 is 14.6 Å². The van der Waals surface area contributed by atoms with Crippen molar-refractivity contribution in [3.63, 3.8) is 0 Å². The van der Waals surface area contributed by atoms with Crippen LogP contribution in [0.3, 0.4) is 0 Å². The molecule has 1 atom stereocenters. The van der Waals surface area contributed by atoms with Crippen molar-refractivity contribution in [2.75, 3.05) is 45.9 Å². The third-order valence-electron chi connectivity index (χ3n) is 3.61. The second-order valence-corrected chi connectivity index (χ2v) is 4.85. The van der Waals surface area contributed by atoms with E-state index in [1.165, 1.54) is 6.07 Å². The molecule has 2 N–H and O–H groups in total. The Kier molecular flexibility index (Phi) is 5.27. The Morgan fingerprint density at radius 3 is 2.63 bits per heavy atom. The van der Waals surface area contributed by atoms with Crippen LogP contribution in [-0.4, -0.2) is 66.0 Å². The van der Waals surface area contributed by atoms with E-state index in [4.69, 9.17) is 10.2 Å². The number of hydrogen-bond acceptors (Lipinski definition) is 4. The van der Waals surface area contributed by atoms with Crippen molar-refractivity contribution in [2.24, 2.45) is 0 Å². The highest BCUT2D eigenvalue weighted by atomic mass is 19.1. The lowest BCUT2D eigenvalue weighted by atomic mass is 10.0. The summed E-state index contributed by atoms with van der Waals surface area (Å²) in [6, 6.07) is 6.70. The Morgan fingerprint density at radius 1 is 1.16 bits per heavy atom. The fourth-order valence-corrected chi connectivity index (χ4v) is 2.65. The van der Waals surface area contributed by atoms with Gasteiger partial charge in [-0.15, -0.1) is 0 Å². The first-order valence-electron chi connectivity index (χ1n) is 6.68. The fraction of sp³-hybridized carbons (Fsp3) is 0.571. The van der Waals surface area contributed by atoms with E-state index in [0.717, 1.165) is 25.2 Å². The molecule has 0 saturated carbocycles. The van der Waals surface area contributed by atoms with Gasteiger partial charge in [0.05, 0.1) is 13.2 Å². The van der Waals surface area contributed by atoms with Gasteiger partial charge < -0.3 is 10.2 Å². The SMILES string of the molecule is OCCN1CCN(CCO)C(c2cccc(F)c2)C1. The van der Waals surface area contributed by atoms with Crippen LogP contribution < -0.4 is 0 Å². The zero-order valence-corrected chi connectivity index (χ0v) is 11.0. The molecule has 0 amide bonds. The normalized spacial score (nSPS) is 21.7. The molecule has 1 aliphatic rings. The van der Waals surface area contributed by atoms with Crippen LogP contribution in [0.1, 0.15) is 11.6 Å². The zero-order chi connectivity index (χ0) is 13.7. The van der Waals surface area contributed by atoms with Gasteiger partial charge in [0.1, 0.15) is 5.82 Å². The van der Waals surface area contributed by atoms with Gasteiger partial charge in [-0.25, -0.2) is 4.39 Å². The number of piperazine rings is 1. The number of hydrogen-bond donors (Lipinski definition) is 2. The molecule has 1 aromatic carbocycles. The molecule has 106 valence electrons. The van der Waals surface area contributed by atoms with Crippen LogP contribution in [0.5, 0.6) is 0 Å². The minimum absolute atomic E-state index is 0.0724. The summed E-state index contributed by atoms with van der Waals surface area (Å²) in [5.74, 6) is -0.235. The first-order chi connectivity index (χ1) is 9.24. The number of halogens is 1. The number of aliphatic hydroxyl groups is 2. The summed E-state index contributed by atoms with van der Waals surface area (Å²) in [4.78, 5) is 4.34. The van der Waals surface area contributed by atoms with Gasteiger partial charge in [-0.3, -0.25) is 9.80 Å². The van der Waals surface area contributed by atoms with E-state index in [0.29, 0.717) is 13.1 Å². The van der Waals surface area contributed by atoms with Crippen molar-refractivity contribution in [3.05, 3.63) is 35.6 Å². The molecule has 1 aliphatic heterocycles. The van der Waals surface area contributed by atoms with Gasteiger partial charge in [-0.05, 0) is 17.7 Å². The highest BCUT2D eigenvalue weighted by Crippen LogP contribution is 2.25. The highest BCUT2D eigenvalue weighted by Gasteiger charge is 2.27. The average Bonchev–Trinajstić information content (AvgIpc) is 2.41. The standard InChI is InChI=1S/C14H21FN2O2/c15-13-3-1-2-12(10-13)14-11-16(6-8-18)4-5-17(14)7-9-19/h1-3,10,14,18-19H,4-9,11H2. The Morgan fingerprint density at radius 2 is 1.95 bits per heavy atom. The van der Waals surface area contributed by atoms with Crippen LogP contribution in [0.15, 0.2) is 24.3 Å². The second kappa shape index (κ2) is 6.96. The lowest BCUT2D eigenvalue weighted by Crippen LogP contribution is -2.49. The molecule has 1 aromatic rings. The van der Waals surface area contributed by atoms with Gasteiger partial charge in [-0.2, -0.15) is 0 Å². The van der Waals surface area contributed by atoms with E-state index >= 15 is 0 Å². The van der Waals surface area contributed by atoms with Crippen LogP contribution in [0.2, 0.25) is 0 Å². The van der Waals surface area contributed by atoms with Crippen molar-refractivity contribution >= 4 is 0 Å². The van der Waals surface area contributed by atoms with Gasteiger partial charge >= 0.3 is 0 Å². The van der Waals surface area contributed by atoms with E-state index in [9.17, 15) is 4.39 Å². The third kappa shape index (κ3) is 3.73.